The van der Waals surface area contributed by atoms with Crippen molar-refractivity contribution < 1.29 is 5.11 Å². The van der Waals surface area contributed by atoms with Gasteiger partial charge in [0.15, 0.2) is 0 Å². The fourth-order valence-electron chi connectivity index (χ4n) is 3.26. The molecule has 2 aliphatic rings. The van der Waals surface area contributed by atoms with E-state index in [4.69, 9.17) is 0 Å². The Balaban J connectivity index is 2.14. The molecule has 1 heteroatoms. The Morgan fingerprint density at radius 1 is 1.31 bits per heavy atom. The minimum absolute atomic E-state index is 0.227. The maximum atomic E-state index is 9.72. The number of hydrogen-bond donors (Lipinski definition) is 1. The molecule has 16 heavy (non-hydrogen) atoms. The molecule has 0 aromatic carbocycles. The predicted octanol–water partition coefficient (Wildman–Crippen LogP) is 3.55. The molecular formula is C15H24O. The SMILES string of the molecule is CC1=CC[C@@H]([C@H]2C=C[C@@H](O)[C@H](C)C2)C1(C)C. The van der Waals surface area contributed by atoms with E-state index in [0.29, 0.717) is 17.3 Å². The van der Waals surface area contributed by atoms with Crippen LogP contribution >= 0.6 is 0 Å². The third-order valence-corrected chi connectivity index (χ3v) is 4.92. The van der Waals surface area contributed by atoms with Crippen LogP contribution < -0.4 is 0 Å². The molecule has 4 atom stereocenters. The molecule has 0 spiro atoms. The topological polar surface area (TPSA) is 20.2 Å². The van der Waals surface area contributed by atoms with Crippen LogP contribution in [0.15, 0.2) is 23.8 Å². The van der Waals surface area contributed by atoms with Gasteiger partial charge in [-0.05, 0) is 42.9 Å². The first-order valence-corrected chi connectivity index (χ1v) is 6.46. The largest absolute Gasteiger partial charge is 0.389 e. The van der Waals surface area contributed by atoms with Crippen molar-refractivity contribution in [1.29, 1.82) is 0 Å². The van der Waals surface area contributed by atoms with Crippen LogP contribution in [0.25, 0.3) is 0 Å². The van der Waals surface area contributed by atoms with Crippen LogP contribution in [0.2, 0.25) is 0 Å². The molecule has 0 aliphatic heterocycles. The van der Waals surface area contributed by atoms with Crippen LogP contribution in [0, 0.1) is 23.2 Å². The van der Waals surface area contributed by atoms with Gasteiger partial charge in [-0.3, -0.25) is 0 Å². The molecular weight excluding hydrogens is 196 g/mol. The van der Waals surface area contributed by atoms with Crippen LogP contribution in [0.5, 0.6) is 0 Å². The number of hydrogen-bond acceptors (Lipinski definition) is 1. The first kappa shape index (κ1) is 11.9. The van der Waals surface area contributed by atoms with E-state index in [9.17, 15) is 5.11 Å². The molecule has 0 aromatic rings. The van der Waals surface area contributed by atoms with Gasteiger partial charge in [-0.25, -0.2) is 0 Å². The van der Waals surface area contributed by atoms with Crippen molar-refractivity contribution in [3.63, 3.8) is 0 Å². The van der Waals surface area contributed by atoms with Gasteiger partial charge < -0.3 is 5.11 Å². The first-order valence-electron chi connectivity index (χ1n) is 6.46. The zero-order valence-corrected chi connectivity index (χ0v) is 10.9. The highest BCUT2D eigenvalue weighted by molar-refractivity contribution is 5.21. The van der Waals surface area contributed by atoms with Gasteiger partial charge >= 0.3 is 0 Å². The standard InChI is InChI=1S/C15H24O/c1-10-9-12(6-8-14(10)16)13-7-5-11(2)15(13,3)4/h5-6,8,10,12-14,16H,7,9H2,1-4H3/t10-,12+,13+,14-/m1/s1. The summed E-state index contributed by atoms with van der Waals surface area (Å²) in [5.41, 5.74) is 1.86. The van der Waals surface area contributed by atoms with Gasteiger partial charge in [-0.15, -0.1) is 0 Å². The summed E-state index contributed by atoms with van der Waals surface area (Å²) in [6.07, 6.45) is 8.76. The molecule has 0 aromatic heterocycles. The second kappa shape index (κ2) is 4.03. The highest BCUT2D eigenvalue weighted by Crippen LogP contribution is 2.49. The summed E-state index contributed by atoms with van der Waals surface area (Å²) in [5.74, 6) is 1.77. The normalized spacial score (nSPS) is 42.2. The third kappa shape index (κ3) is 1.86. The molecule has 0 saturated heterocycles. The first-order chi connectivity index (χ1) is 7.43. The maximum Gasteiger partial charge on any atom is 0.0746 e. The molecule has 2 rings (SSSR count). The van der Waals surface area contributed by atoms with Crippen LogP contribution in [0.3, 0.4) is 0 Å². The van der Waals surface area contributed by atoms with Gasteiger partial charge in [0.25, 0.3) is 0 Å². The lowest BCUT2D eigenvalue weighted by Crippen LogP contribution is -2.32. The van der Waals surface area contributed by atoms with Crippen molar-refractivity contribution in [3.8, 4) is 0 Å². The number of rotatable bonds is 1. The Morgan fingerprint density at radius 3 is 2.50 bits per heavy atom. The van der Waals surface area contributed by atoms with Gasteiger partial charge in [-0.1, -0.05) is 44.6 Å². The van der Waals surface area contributed by atoms with Crippen molar-refractivity contribution in [1.82, 2.24) is 0 Å². The van der Waals surface area contributed by atoms with Crippen molar-refractivity contribution in [3.05, 3.63) is 23.8 Å². The summed E-state index contributed by atoms with van der Waals surface area (Å²) >= 11 is 0. The highest BCUT2D eigenvalue weighted by Gasteiger charge is 2.40. The minimum Gasteiger partial charge on any atom is -0.389 e. The van der Waals surface area contributed by atoms with E-state index < -0.39 is 0 Å². The Labute approximate surface area is 99.3 Å². The van der Waals surface area contributed by atoms with Gasteiger partial charge in [-0.2, -0.15) is 0 Å². The highest BCUT2D eigenvalue weighted by atomic mass is 16.3. The lowest BCUT2D eigenvalue weighted by atomic mass is 9.67. The second-order valence-electron chi connectivity index (χ2n) is 6.20. The summed E-state index contributed by atoms with van der Waals surface area (Å²) in [4.78, 5) is 0. The van der Waals surface area contributed by atoms with Gasteiger partial charge in [0.05, 0.1) is 6.10 Å². The maximum absolute atomic E-state index is 9.72. The zero-order chi connectivity index (χ0) is 11.9. The number of allylic oxidation sites excluding steroid dienone is 3. The van der Waals surface area contributed by atoms with E-state index in [2.05, 4.69) is 39.8 Å². The van der Waals surface area contributed by atoms with Crippen molar-refractivity contribution >= 4 is 0 Å². The Morgan fingerprint density at radius 2 is 2.00 bits per heavy atom. The third-order valence-electron chi connectivity index (χ3n) is 4.92. The molecule has 0 bridgehead atoms. The lowest BCUT2D eigenvalue weighted by Gasteiger charge is -2.38. The van der Waals surface area contributed by atoms with Crippen LogP contribution in [-0.4, -0.2) is 11.2 Å². The molecule has 1 nitrogen and oxygen atoms in total. The summed E-state index contributed by atoms with van der Waals surface area (Å²) in [7, 11) is 0. The van der Waals surface area contributed by atoms with Crippen molar-refractivity contribution in [2.24, 2.45) is 23.2 Å². The van der Waals surface area contributed by atoms with Crippen LogP contribution in [-0.2, 0) is 0 Å². The molecule has 2 aliphatic carbocycles. The Bertz CT molecular complexity index is 324. The monoisotopic (exact) mass is 220 g/mol. The molecule has 1 N–H and O–H groups in total. The zero-order valence-electron chi connectivity index (χ0n) is 10.9. The Hall–Kier alpha value is -0.560. The average molecular weight is 220 g/mol. The summed E-state index contributed by atoms with van der Waals surface area (Å²) in [6.45, 7) is 9.13. The molecule has 0 radical (unpaired) electrons. The Kier molecular flexibility index (Phi) is 3.00. The van der Waals surface area contributed by atoms with E-state index in [1.54, 1.807) is 0 Å². The molecule has 0 heterocycles. The van der Waals surface area contributed by atoms with Gasteiger partial charge in [0.2, 0.25) is 0 Å². The molecule has 0 saturated carbocycles. The number of aliphatic hydroxyl groups is 1. The molecule has 0 amide bonds. The van der Waals surface area contributed by atoms with Gasteiger partial charge in [0, 0.05) is 0 Å². The van der Waals surface area contributed by atoms with Crippen molar-refractivity contribution in [2.45, 2.75) is 46.6 Å². The lowest BCUT2D eigenvalue weighted by molar-refractivity contribution is 0.112. The van der Waals surface area contributed by atoms with E-state index >= 15 is 0 Å². The molecule has 90 valence electrons. The summed E-state index contributed by atoms with van der Waals surface area (Å²) in [6, 6.07) is 0. The van der Waals surface area contributed by atoms with Crippen LogP contribution in [0.1, 0.15) is 40.5 Å². The van der Waals surface area contributed by atoms with E-state index in [1.165, 1.54) is 12.0 Å². The average Bonchev–Trinajstić information content (AvgIpc) is 2.47. The quantitative estimate of drug-likeness (QED) is 0.670. The molecule has 0 unspecified atom stereocenters. The van der Waals surface area contributed by atoms with Crippen LogP contribution in [0.4, 0.5) is 0 Å². The van der Waals surface area contributed by atoms with E-state index in [0.717, 1.165) is 12.3 Å². The van der Waals surface area contributed by atoms with Gasteiger partial charge in [0.1, 0.15) is 0 Å². The summed E-state index contributed by atoms with van der Waals surface area (Å²) < 4.78 is 0. The fraction of sp³-hybridized carbons (Fsp3) is 0.733. The van der Waals surface area contributed by atoms with E-state index in [-0.39, 0.29) is 6.10 Å². The smallest absolute Gasteiger partial charge is 0.0746 e. The minimum atomic E-state index is -0.227. The van der Waals surface area contributed by atoms with Crippen molar-refractivity contribution in [2.75, 3.05) is 0 Å². The second-order valence-corrected chi connectivity index (χ2v) is 6.20. The fourth-order valence-corrected chi connectivity index (χ4v) is 3.26. The molecule has 0 fully saturated rings. The summed E-state index contributed by atoms with van der Waals surface area (Å²) in [5, 5.41) is 9.72. The predicted molar refractivity (Wildman–Crippen MR) is 68.1 cm³/mol. The number of aliphatic hydroxyl groups excluding tert-OH is 1. The van der Waals surface area contributed by atoms with E-state index in [1.807, 2.05) is 6.08 Å².